The first kappa shape index (κ1) is 20.0. The van der Waals surface area contributed by atoms with Gasteiger partial charge in [0.15, 0.2) is 0 Å². The minimum Gasteiger partial charge on any atom is -0.369 e. The highest BCUT2D eigenvalue weighted by atomic mass is 19.4. The molecule has 4 rings (SSSR count). The number of carbonyl (C=O) groups excluding carboxylic acids is 1. The number of alkyl halides is 3. The fourth-order valence-electron chi connectivity index (χ4n) is 3.90. The van der Waals surface area contributed by atoms with Crippen molar-refractivity contribution in [1.29, 1.82) is 0 Å². The number of hydrogen-bond acceptors (Lipinski definition) is 3. The minimum absolute atomic E-state index is 0.155. The van der Waals surface area contributed by atoms with Gasteiger partial charge in [-0.05, 0) is 50.1 Å². The molecule has 0 radical (unpaired) electrons. The summed E-state index contributed by atoms with van der Waals surface area (Å²) >= 11 is 0. The van der Waals surface area contributed by atoms with Gasteiger partial charge in [0.25, 0.3) is 5.91 Å². The summed E-state index contributed by atoms with van der Waals surface area (Å²) in [6.45, 7) is 2.67. The molecule has 0 unspecified atom stereocenters. The zero-order chi connectivity index (χ0) is 21.5. The second kappa shape index (κ2) is 7.51. The average Bonchev–Trinajstić information content (AvgIpc) is 3.14. The molecular weight excluding hydrogens is 395 g/mol. The van der Waals surface area contributed by atoms with Crippen molar-refractivity contribution in [3.8, 4) is 0 Å². The van der Waals surface area contributed by atoms with Crippen LogP contribution in [0.15, 0.2) is 53.5 Å². The van der Waals surface area contributed by atoms with E-state index in [1.54, 1.807) is 30.3 Å². The maximum Gasteiger partial charge on any atom is 0.418 e. The molecule has 3 aromatic rings. The number of rotatable bonds is 3. The van der Waals surface area contributed by atoms with Crippen LogP contribution in [-0.2, 0) is 6.18 Å². The third-order valence-electron chi connectivity index (χ3n) is 5.47. The first-order chi connectivity index (χ1) is 14.3. The highest BCUT2D eigenvalue weighted by molar-refractivity contribution is 6.06. The van der Waals surface area contributed by atoms with Crippen molar-refractivity contribution < 1.29 is 18.0 Å². The number of H-pyrrole nitrogens is 1. The van der Waals surface area contributed by atoms with Crippen molar-refractivity contribution in [2.24, 2.45) is 0 Å². The van der Waals surface area contributed by atoms with Gasteiger partial charge in [0, 0.05) is 35.4 Å². The number of carbonyl (C=O) groups is 1. The normalized spacial score (nSPS) is 16.8. The first-order valence-corrected chi connectivity index (χ1v) is 9.65. The predicted octanol–water partition coefficient (Wildman–Crippen LogP) is 4.79. The van der Waals surface area contributed by atoms with Crippen LogP contribution in [0.1, 0.15) is 35.7 Å². The number of halogens is 3. The number of para-hydroxylation sites is 1. The molecule has 1 aromatic heterocycles. The monoisotopic (exact) mass is 415 g/mol. The number of aromatic amines is 1. The molecule has 1 fully saturated rings. The fraction of sp³-hybridized carbons (Fsp3) is 0.273. The number of amides is 1. The van der Waals surface area contributed by atoms with Gasteiger partial charge in [0.05, 0.1) is 11.3 Å². The molecule has 2 aromatic carbocycles. The van der Waals surface area contributed by atoms with Crippen molar-refractivity contribution in [1.82, 2.24) is 4.98 Å². The Kier molecular flexibility index (Phi) is 5.01. The van der Waals surface area contributed by atoms with E-state index in [0.29, 0.717) is 23.1 Å². The zero-order valence-electron chi connectivity index (χ0n) is 16.2. The summed E-state index contributed by atoms with van der Waals surface area (Å²) in [4.78, 5) is 30.0. The number of pyridine rings is 1. The Morgan fingerprint density at radius 2 is 1.97 bits per heavy atom. The molecule has 30 heavy (non-hydrogen) atoms. The summed E-state index contributed by atoms with van der Waals surface area (Å²) in [6.07, 6.45) is -1.60. The number of fused-ring (bicyclic) bond motifs is 1. The molecule has 5 nitrogen and oxygen atoms in total. The summed E-state index contributed by atoms with van der Waals surface area (Å²) < 4.78 is 41.1. The van der Waals surface area contributed by atoms with Crippen molar-refractivity contribution in [2.45, 2.75) is 32.0 Å². The Morgan fingerprint density at radius 3 is 2.67 bits per heavy atom. The van der Waals surface area contributed by atoms with Crippen LogP contribution in [0, 0.1) is 0 Å². The van der Waals surface area contributed by atoms with Crippen LogP contribution in [0.5, 0.6) is 0 Å². The Hall–Kier alpha value is -3.29. The fourth-order valence-corrected chi connectivity index (χ4v) is 3.90. The lowest BCUT2D eigenvalue weighted by atomic mass is 10.1. The molecule has 1 saturated heterocycles. The Labute approximate surface area is 170 Å². The lowest BCUT2D eigenvalue weighted by Gasteiger charge is -2.25. The van der Waals surface area contributed by atoms with Gasteiger partial charge in [-0.15, -0.1) is 0 Å². The molecule has 156 valence electrons. The smallest absolute Gasteiger partial charge is 0.369 e. The topological polar surface area (TPSA) is 65.2 Å². The van der Waals surface area contributed by atoms with Gasteiger partial charge in [-0.3, -0.25) is 9.59 Å². The SMILES string of the molecule is C[C@@H]1CCCN1c1ccc(NC(=O)c2c[nH]c3ccccc3c2=O)c(C(F)(F)F)c1. The van der Waals surface area contributed by atoms with Gasteiger partial charge in [-0.2, -0.15) is 13.2 Å². The molecule has 2 heterocycles. The van der Waals surface area contributed by atoms with Crippen molar-refractivity contribution >= 4 is 28.2 Å². The minimum atomic E-state index is -4.66. The standard InChI is InChI=1S/C22H20F3N3O2/c1-13-5-4-10-28(13)14-8-9-19(17(11-14)22(23,24)25)27-21(30)16-12-26-18-7-3-2-6-15(18)20(16)29/h2-3,6-9,11-13H,4-5,10H2,1H3,(H,26,29)(H,27,30)/t13-/m1/s1. The van der Waals surface area contributed by atoms with Crippen LogP contribution in [0.2, 0.25) is 0 Å². The molecule has 1 aliphatic rings. The van der Waals surface area contributed by atoms with Crippen molar-refractivity contribution in [2.75, 3.05) is 16.8 Å². The summed E-state index contributed by atoms with van der Waals surface area (Å²) in [6, 6.07) is 10.6. The predicted molar refractivity (Wildman–Crippen MR) is 110 cm³/mol. The third kappa shape index (κ3) is 3.65. The van der Waals surface area contributed by atoms with Gasteiger partial charge in [0.2, 0.25) is 5.43 Å². The second-order valence-corrected chi connectivity index (χ2v) is 7.44. The summed E-state index contributed by atoms with van der Waals surface area (Å²) in [7, 11) is 0. The summed E-state index contributed by atoms with van der Waals surface area (Å²) in [5.41, 5.74) is -1.11. The number of hydrogen-bond donors (Lipinski definition) is 2. The Morgan fingerprint density at radius 1 is 1.20 bits per heavy atom. The quantitative estimate of drug-likeness (QED) is 0.647. The first-order valence-electron chi connectivity index (χ1n) is 9.65. The van der Waals surface area contributed by atoms with E-state index in [1.165, 1.54) is 12.3 Å². The number of nitrogens with one attached hydrogen (secondary N) is 2. The molecule has 8 heteroatoms. The van der Waals surface area contributed by atoms with E-state index < -0.39 is 23.1 Å². The summed E-state index contributed by atoms with van der Waals surface area (Å²) in [5.74, 6) is -0.894. The van der Waals surface area contributed by atoms with E-state index in [1.807, 2.05) is 11.8 Å². The summed E-state index contributed by atoms with van der Waals surface area (Å²) in [5, 5.41) is 2.56. The average molecular weight is 415 g/mol. The van der Waals surface area contributed by atoms with Crippen LogP contribution in [-0.4, -0.2) is 23.5 Å². The molecule has 0 aliphatic carbocycles. The molecule has 0 saturated carbocycles. The highest BCUT2D eigenvalue weighted by Gasteiger charge is 2.35. The molecular formula is C22H20F3N3O2. The highest BCUT2D eigenvalue weighted by Crippen LogP contribution is 2.38. The van der Waals surface area contributed by atoms with Crippen molar-refractivity contribution in [3.05, 3.63) is 70.0 Å². The van der Waals surface area contributed by atoms with Gasteiger partial charge >= 0.3 is 6.18 Å². The van der Waals surface area contributed by atoms with Crippen LogP contribution in [0.25, 0.3) is 10.9 Å². The van der Waals surface area contributed by atoms with E-state index in [-0.39, 0.29) is 17.3 Å². The maximum absolute atomic E-state index is 13.7. The van der Waals surface area contributed by atoms with Crippen LogP contribution in [0.4, 0.5) is 24.5 Å². The van der Waals surface area contributed by atoms with Crippen LogP contribution < -0.4 is 15.6 Å². The Bertz CT molecular complexity index is 1170. The molecule has 1 amide bonds. The van der Waals surface area contributed by atoms with Crippen LogP contribution >= 0.6 is 0 Å². The van der Waals surface area contributed by atoms with E-state index in [2.05, 4.69) is 10.3 Å². The number of nitrogens with zero attached hydrogens (tertiary/aromatic N) is 1. The molecule has 1 atom stereocenters. The number of anilines is 2. The second-order valence-electron chi connectivity index (χ2n) is 7.44. The van der Waals surface area contributed by atoms with Gasteiger partial charge in [-0.25, -0.2) is 0 Å². The number of aromatic nitrogens is 1. The zero-order valence-corrected chi connectivity index (χ0v) is 16.2. The molecule has 0 spiro atoms. The molecule has 1 aliphatic heterocycles. The Balaban J connectivity index is 1.69. The third-order valence-corrected chi connectivity index (χ3v) is 5.47. The number of benzene rings is 2. The van der Waals surface area contributed by atoms with E-state index in [9.17, 15) is 22.8 Å². The van der Waals surface area contributed by atoms with E-state index >= 15 is 0 Å². The van der Waals surface area contributed by atoms with Crippen molar-refractivity contribution in [3.63, 3.8) is 0 Å². The van der Waals surface area contributed by atoms with E-state index in [0.717, 1.165) is 18.9 Å². The maximum atomic E-state index is 13.7. The van der Waals surface area contributed by atoms with Gasteiger partial charge in [-0.1, -0.05) is 12.1 Å². The molecule has 0 bridgehead atoms. The largest absolute Gasteiger partial charge is 0.418 e. The molecule has 2 N–H and O–H groups in total. The van der Waals surface area contributed by atoms with E-state index in [4.69, 9.17) is 0 Å². The van der Waals surface area contributed by atoms with Gasteiger partial charge in [0.1, 0.15) is 5.56 Å². The van der Waals surface area contributed by atoms with Gasteiger partial charge < -0.3 is 15.2 Å². The van der Waals surface area contributed by atoms with Crippen LogP contribution in [0.3, 0.4) is 0 Å². The lowest BCUT2D eigenvalue weighted by Crippen LogP contribution is -2.27. The lowest BCUT2D eigenvalue weighted by molar-refractivity contribution is -0.136.